The molecular weight excluding hydrogens is 388 g/mol. The number of nitrogens with zero attached hydrogens (tertiary/aromatic N) is 2. The zero-order chi connectivity index (χ0) is 21.8. The Balaban J connectivity index is 1.34. The molecule has 2 fully saturated rings. The number of benzene rings is 1. The molecular formula is C26H34N2O3. The lowest BCUT2D eigenvalue weighted by atomic mass is 9.65. The molecule has 3 aliphatic rings. The predicted molar refractivity (Wildman–Crippen MR) is 121 cm³/mol. The highest BCUT2D eigenvalue weighted by atomic mass is 16.4. The second kappa shape index (κ2) is 7.49. The van der Waals surface area contributed by atoms with Crippen LogP contribution in [0.4, 0.5) is 0 Å². The fourth-order valence-electron chi connectivity index (χ4n) is 6.69. The van der Waals surface area contributed by atoms with E-state index in [1.807, 2.05) is 0 Å². The summed E-state index contributed by atoms with van der Waals surface area (Å²) >= 11 is 0. The molecule has 2 unspecified atom stereocenters. The summed E-state index contributed by atoms with van der Waals surface area (Å²) in [4.78, 5) is 17.3. The molecule has 1 saturated heterocycles. The standard InChI is InChI=1S/C26H34N2O3/c1-25(2)10-21-11-26(3,16-25)17-28(21)14-22-23(29)20(15-31-24(22)30)13-27-9-8-18-6-4-5-7-19(18)12-27/h4-7,15,21,29H,8-14,16-17H2,1-3H3. The van der Waals surface area contributed by atoms with Crippen LogP contribution in [0.1, 0.15) is 62.3 Å². The van der Waals surface area contributed by atoms with Gasteiger partial charge in [-0.15, -0.1) is 0 Å². The van der Waals surface area contributed by atoms with Gasteiger partial charge in [-0.2, -0.15) is 0 Å². The highest BCUT2D eigenvalue weighted by Gasteiger charge is 2.49. The first kappa shape index (κ1) is 20.8. The number of aromatic hydroxyl groups is 1. The van der Waals surface area contributed by atoms with Crippen molar-refractivity contribution in [2.75, 3.05) is 13.1 Å². The van der Waals surface area contributed by atoms with E-state index in [0.29, 0.717) is 41.1 Å². The molecule has 0 spiro atoms. The highest BCUT2D eigenvalue weighted by molar-refractivity contribution is 5.37. The van der Waals surface area contributed by atoms with Gasteiger partial charge in [0.05, 0.1) is 5.56 Å². The Morgan fingerprint density at radius 1 is 1.13 bits per heavy atom. The molecule has 1 aliphatic carbocycles. The van der Waals surface area contributed by atoms with Crippen LogP contribution in [0.3, 0.4) is 0 Å². The molecule has 1 aromatic heterocycles. The maximum Gasteiger partial charge on any atom is 0.343 e. The molecule has 2 atom stereocenters. The molecule has 1 N–H and O–H groups in total. The van der Waals surface area contributed by atoms with Gasteiger partial charge in [-0.3, -0.25) is 9.80 Å². The largest absolute Gasteiger partial charge is 0.507 e. The van der Waals surface area contributed by atoms with Gasteiger partial charge in [-0.05, 0) is 47.6 Å². The molecule has 1 aromatic carbocycles. The topological polar surface area (TPSA) is 56.9 Å². The zero-order valence-corrected chi connectivity index (χ0v) is 19.0. The van der Waals surface area contributed by atoms with Crippen molar-refractivity contribution in [1.29, 1.82) is 0 Å². The van der Waals surface area contributed by atoms with Gasteiger partial charge in [-0.1, -0.05) is 45.0 Å². The summed E-state index contributed by atoms with van der Waals surface area (Å²) in [6.45, 7) is 10.9. The van der Waals surface area contributed by atoms with Crippen LogP contribution < -0.4 is 5.63 Å². The Morgan fingerprint density at radius 2 is 1.90 bits per heavy atom. The molecule has 31 heavy (non-hydrogen) atoms. The summed E-state index contributed by atoms with van der Waals surface area (Å²) in [5.41, 5.74) is 4.08. The maximum absolute atomic E-state index is 12.6. The van der Waals surface area contributed by atoms with Gasteiger partial charge in [0.25, 0.3) is 0 Å². The lowest BCUT2D eigenvalue weighted by Gasteiger charge is -2.39. The van der Waals surface area contributed by atoms with E-state index in [4.69, 9.17) is 4.42 Å². The molecule has 0 radical (unpaired) electrons. The smallest absolute Gasteiger partial charge is 0.343 e. The van der Waals surface area contributed by atoms with Gasteiger partial charge in [0.1, 0.15) is 12.0 Å². The monoisotopic (exact) mass is 422 g/mol. The average molecular weight is 423 g/mol. The third kappa shape index (κ3) is 4.06. The van der Waals surface area contributed by atoms with Crippen LogP contribution in [0, 0.1) is 10.8 Å². The third-order valence-corrected chi connectivity index (χ3v) is 7.63. The SMILES string of the molecule is CC1(C)CC2CC(C)(CN2Cc2c(O)c(CN3CCc4ccccc4C3)coc2=O)C1. The predicted octanol–water partition coefficient (Wildman–Crippen LogP) is 4.30. The number of rotatable bonds is 4. The molecule has 1 saturated carbocycles. The van der Waals surface area contributed by atoms with Gasteiger partial charge < -0.3 is 9.52 Å². The van der Waals surface area contributed by atoms with Crippen LogP contribution in [0.15, 0.2) is 39.7 Å². The third-order valence-electron chi connectivity index (χ3n) is 7.63. The number of likely N-dealkylation sites (tertiary alicyclic amines) is 1. The van der Waals surface area contributed by atoms with E-state index in [0.717, 1.165) is 32.5 Å². The van der Waals surface area contributed by atoms with E-state index in [2.05, 4.69) is 54.8 Å². The number of hydrogen-bond donors (Lipinski definition) is 1. The Hall–Kier alpha value is -2.11. The molecule has 3 heterocycles. The number of hydrogen-bond acceptors (Lipinski definition) is 5. The molecule has 5 heteroatoms. The van der Waals surface area contributed by atoms with Gasteiger partial charge in [-0.25, -0.2) is 4.79 Å². The van der Waals surface area contributed by atoms with Crippen LogP contribution in [0.25, 0.3) is 0 Å². The average Bonchev–Trinajstić information content (AvgIpc) is 2.95. The first-order valence-corrected chi connectivity index (χ1v) is 11.6. The van der Waals surface area contributed by atoms with Crippen molar-refractivity contribution < 1.29 is 9.52 Å². The van der Waals surface area contributed by atoms with Crippen LogP contribution in [0.2, 0.25) is 0 Å². The Kier molecular flexibility index (Phi) is 5.02. The minimum Gasteiger partial charge on any atom is -0.507 e. The van der Waals surface area contributed by atoms with Crippen LogP contribution in [-0.4, -0.2) is 34.0 Å². The molecule has 5 nitrogen and oxygen atoms in total. The normalized spacial score (nSPS) is 27.9. The van der Waals surface area contributed by atoms with E-state index in [9.17, 15) is 9.90 Å². The molecule has 5 rings (SSSR count). The van der Waals surface area contributed by atoms with Gasteiger partial charge in [0.15, 0.2) is 0 Å². The van der Waals surface area contributed by atoms with Crippen molar-refractivity contribution in [2.24, 2.45) is 10.8 Å². The van der Waals surface area contributed by atoms with E-state index < -0.39 is 5.63 Å². The summed E-state index contributed by atoms with van der Waals surface area (Å²) in [6.07, 6.45) is 5.99. The van der Waals surface area contributed by atoms with Crippen molar-refractivity contribution in [2.45, 2.75) is 72.1 Å². The van der Waals surface area contributed by atoms with E-state index in [1.165, 1.54) is 30.2 Å². The molecule has 0 amide bonds. The molecule has 2 aromatic rings. The highest BCUT2D eigenvalue weighted by Crippen LogP contribution is 2.52. The van der Waals surface area contributed by atoms with Gasteiger partial charge in [0.2, 0.25) is 0 Å². The van der Waals surface area contributed by atoms with Crippen molar-refractivity contribution in [3.05, 3.63) is 63.2 Å². The van der Waals surface area contributed by atoms with Crippen LogP contribution in [-0.2, 0) is 26.1 Å². The Morgan fingerprint density at radius 3 is 2.71 bits per heavy atom. The summed E-state index contributed by atoms with van der Waals surface area (Å²) < 4.78 is 5.40. The molecule has 2 bridgehead atoms. The van der Waals surface area contributed by atoms with Crippen molar-refractivity contribution >= 4 is 0 Å². The van der Waals surface area contributed by atoms with E-state index >= 15 is 0 Å². The summed E-state index contributed by atoms with van der Waals surface area (Å²) in [5, 5.41) is 11.0. The minimum atomic E-state index is -0.406. The summed E-state index contributed by atoms with van der Waals surface area (Å²) in [5.74, 6) is 0.126. The lowest BCUT2D eigenvalue weighted by Crippen LogP contribution is -2.35. The second-order valence-corrected chi connectivity index (χ2v) is 11.2. The van der Waals surface area contributed by atoms with E-state index in [1.54, 1.807) is 0 Å². The first-order chi connectivity index (χ1) is 14.7. The first-order valence-electron chi connectivity index (χ1n) is 11.6. The second-order valence-electron chi connectivity index (χ2n) is 11.2. The quantitative estimate of drug-likeness (QED) is 0.796. The van der Waals surface area contributed by atoms with Crippen molar-refractivity contribution in [3.8, 4) is 5.75 Å². The zero-order valence-electron chi connectivity index (χ0n) is 19.0. The fraction of sp³-hybridized carbons (Fsp3) is 0.577. The van der Waals surface area contributed by atoms with Crippen LogP contribution in [0.5, 0.6) is 5.75 Å². The van der Waals surface area contributed by atoms with Crippen LogP contribution >= 0.6 is 0 Å². The van der Waals surface area contributed by atoms with Gasteiger partial charge >= 0.3 is 5.63 Å². The van der Waals surface area contributed by atoms with Crippen molar-refractivity contribution in [1.82, 2.24) is 9.80 Å². The van der Waals surface area contributed by atoms with Gasteiger partial charge in [0, 0.05) is 44.3 Å². The lowest BCUT2D eigenvalue weighted by molar-refractivity contribution is 0.126. The number of fused-ring (bicyclic) bond motifs is 3. The van der Waals surface area contributed by atoms with E-state index in [-0.39, 0.29) is 5.75 Å². The fourth-order valence-corrected chi connectivity index (χ4v) is 6.69. The Labute approximate surface area is 184 Å². The Bertz CT molecular complexity index is 1040. The van der Waals surface area contributed by atoms with Crippen molar-refractivity contribution in [3.63, 3.8) is 0 Å². The maximum atomic E-state index is 12.6. The summed E-state index contributed by atoms with van der Waals surface area (Å²) in [7, 11) is 0. The molecule has 166 valence electrons. The molecule has 2 aliphatic heterocycles. The minimum absolute atomic E-state index is 0.126. The summed E-state index contributed by atoms with van der Waals surface area (Å²) in [6, 6.07) is 9.00.